The molecule has 1 amide bonds. The third-order valence-electron chi connectivity index (χ3n) is 4.78. The summed E-state index contributed by atoms with van der Waals surface area (Å²) in [6.45, 7) is 7.04. The highest BCUT2D eigenvalue weighted by Gasteiger charge is 2.32. The van der Waals surface area contributed by atoms with Crippen molar-refractivity contribution in [3.05, 3.63) is 53.6 Å². The highest BCUT2D eigenvalue weighted by atomic mass is 16.2. The molecule has 1 aliphatic rings. The van der Waals surface area contributed by atoms with Crippen LogP contribution >= 0.6 is 0 Å². The maximum atomic E-state index is 12.9. The second-order valence-electron chi connectivity index (χ2n) is 6.22. The number of aryl methyl sites for hydroxylation is 2. The molecule has 1 fully saturated rings. The van der Waals surface area contributed by atoms with Crippen LogP contribution in [0.1, 0.15) is 48.5 Å². The Hall–Kier alpha value is -2.10. The molecule has 1 saturated heterocycles. The van der Waals surface area contributed by atoms with Gasteiger partial charge in [0.2, 0.25) is 5.91 Å². The van der Waals surface area contributed by atoms with E-state index in [1.807, 2.05) is 22.6 Å². The summed E-state index contributed by atoms with van der Waals surface area (Å²) in [4.78, 5) is 18.9. The fourth-order valence-corrected chi connectivity index (χ4v) is 3.21. The molecule has 2 heterocycles. The van der Waals surface area contributed by atoms with Crippen LogP contribution in [0.25, 0.3) is 0 Å². The zero-order valence-corrected chi connectivity index (χ0v) is 13.5. The van der Waals surface area contributed by atoms with Crippen LogP contribution in [0.4, 0.5) is 0 Å². The smallest absolute Gasteiger partial charge is 0.245 e. The number of hydrogen-bond donors (Lipinski definition) is 0. The summed E-state index contributed by atoms with van der Waals surface area (Å²) in [5, 5.41) is 0. The predicted octanol–water partition coefficient (Wildman–Crippen LogP) is 3.42. The lowest BCUT2D eigenvalue weighted by atomic mass is 9.99. The number of carbonyl (C=O) groups excluding carboxylic acids is 1. The van der Waals surface area contributed by atoms with E-state index in [9.17, 15) is 4.79 Å². The standard InChI is InChI=1S/C18H23N3O/c1-13-6-7-16(11-14(13)2)17-5-4-9-21(17)18(22)15(3)20-10-8-19-12-20/h6-8,10-12,15,17H,4-5,9H2,1-3H3. The van der Waals surface area contributed by atoms with Crippen molar-refractivity contribution in [2.24, 2.45) is 0 Å². The van der Waals surface area contributed by atoms with Crippen LogP contribution in [-0.4, -0.2) is 26.9 Å². The molecule has 0 spiro atoms. The Morgan fingerprint density at radius 1 is 1.32 bits per heavy atom. The van der Waals surface area contributed by atoms with E-state index in [4.69, 9.17) is 0 Å². The van der Waals surface area contributed by atoms with Crippen molar-refractivity contribution in [2.75, 3.05) is 6.54 Å². The first-order chi connectivity index (χ1) is 10.6. The van der Waals surface area contributed by atoms with Crippen molar-refractivity contribution in [1.82, 2.24) is 14.5 Å². The van der Waals surface area contributed by atoms with E-state index in [1.54, 1.807) is 12.5 Å². The summed E-state index contributed by atoms with van der Waals surface area (Å²) in [6, 6.07) is 6.56. The molecule has 22 heavy (non-hydrogen) atoms. The van der Waals surface area contributed by atoms with E-state index in [-0.39, 0.29) is 18.0 Å². The van der Waals surface area contributed by atoms with Crippen LogP contribution < -0.4 is 0 Å². The second kappa shape index (κ2) is 5.95. The van der Waals surface area contributed by atoms with Crippen molar-refractivity contribution in [3.8, 4) is 0 Å². The number of amides is 1. The van der Waals surface area contributed by atoms with Gasteiger partial charge in [-0.15, -0.1) is 0 Å². The Labute approximate surface area is 131 Å². The maximum Gasteiger partial charge on any atom is 0.245 e. The number of aromatic nitrogens is 2. The molecular weight excluding hydrogens is 274 g/mol. The monoisotopic (exact) mass is 297 g/mol. The largest absolute Gasteiger partial charge is 0.334 e. The highest BCUT2D eigenvalue weighted by Crippen LogP contribution is 2.34. The van der Waals surface area contributed by atoms with Crippen LogP contribution in [-0.2, 0) is 4.79 Å². The zero-order chi connectivity index (χ0) is 15.7. The van der Waals surface area contributed by atoms with E-state index >= 15 is 0 Å². The van der Waals surface area contributed by atoms with Gasteiger partial charge in [0.15, 0.2) is 0 Å². The van der Waals surface area contributed by atoms with Gasteiger partial charge in [-0.1, -0.05) is 18.2 Å². The van der Waals surface area contributed by atoms with Crippen molar-refractivity contribution < 1.29 is 4.79 Å². The topological polar surface area (TPSA) is 38.1 Å². The van der Waals surface area contributed by atoms with E-state index in [1.165, 1.54) is 16.7 Å². The average Bonchev–Trinajstić information content (AvgIpc) is 3.19. The molecule has 4 nitrogen and oxygen atoms in total. The van der Waals surface area contributed by atoms with Crippen LogP contribution in [0.5, 0.6) is 0 Å². The molecule has 4 heteroatoms. The van der Waals surface area contributed by atoms with Gasteiger partial charge < -0.3 is 9.47 Å². The zero-order valence-electron chi connectivity index (χ0n) is 13.5. The lowest BCUT2D eigenvalue weighted by Gasteiger charge is -2.28. The normalized spacial score (nSPS) is 19.4. The highest BCUT2D eigenvalue weighted by molar-refractivity contribution is 5.80. The lowest BCUT2D eigenvalue weighted by molar-refractivity contribution is -0.135. The first kappa shape index (κ1) is 14.8. The van der Waals surface area contributed by atoms with Crippen molar-refractivity contribution in [3.63, 3.8) is 0 Å². The maximum absolute atomic E-state index is 12.9. The second-order valence-corrected chi connectivity index (χ2v) is 6.22. The van der Waals surface area contributed by atoms with Gasteiger partial charge in [0.25, 0.3) is 0 Å². The van der Waals surface area contributed by atoms with Crippen molar-refractivity contribution in [2.45, 2.75) is 45.7 Å². The van der Waals surface area contributed by atoms with Crippen LogP contribution in [0.15, 0.2) is 36.9 Å². The molecule has 2 aromatic rings. The Bertz CT molecular complexity index is 663. The molecule has 0 saturated carbocycles. The number of carbonyl (C=O) groups is 1. The third kappa shape index (κ3) is 2.65. The van der Waals surface area contributed by atoms with Crippen molar-refractivity contribution >= 4 is 5.91 Å². The van der Waals surface area contributed by atoms with E-state index < -0.39 is 0 Å². The minimum atomic E-state index is -0.199. The van der Waals surface area contributed by atoms with Crippen LogP contribution in [0.2, 0.25) is 0 Å². The van der Waals surface area contributed by atoms with Gasteiger partial charge in [0, 0.05) is 18.9 Å². The van der Waals surface area contributed by atoms with Gasteiger partial charge in [0.1, 0.15) is 6.04 Å². The quantitative estimate of drug-likeness (QED) is 0.870. The number of rotatable bonds is 3. The summed E-state index contributed by atoms with van der Waals surface area (Å²) in [6.07, 6.45) is 7.40. The number of nitrogens with zero attached hydrogens (tertiary/aromatic N) is 3. The fraction of sp³-hybridized carbons (Fsp3) is 0.444. The number of hydrogen-bond acceptors (Lipinski definition) is 2. The summed E-state index contributed by atoms with van der Waals surface area (Å²) in [7, 11) is 0. The molecule has 1 aliphatic heterocycles. The van der Waals surface area contributed by atoms with Gasteiger partial charge in [-0.05, 0) is 50.3 Å². The molecule has 0 aliphatic carbocycles. The molecule has 116 valence electrons. The summed E-state index contributed by atoms with van der Waals surface area (Å²) >= 11 is 0. The molecule has 1 aromatic carbocycles. The van der Waals surface area contributed by atoms with Crippen molar-refractivity contribution in [1.29, 1.82) is 0 Å². The molecule has 0 radical (unpaired) electrons. The van der Waals surface area contributed by atoms with E-state index in [0.717, 1.165) is 19.4 Å². The first-order valence-corrected chi connectivity index (χ1v) is 7.93. The minimum absolute atomic E-state index is 0.179. The number of likely N-dealkylation sites (tertiary alicyclic amines) is 1. The Balaban J connectivity index is 1.83. The summed E-state index contributed by atoms with van der Waals surface area (Å²) in [5.41, 5.74) is 3.85. The van der Waals surface area contributed by atoms with Gasteiger partial charge >= 0.3 is 0 Å². The van der Waals surface area contributed by atoms with Gasteiger partial charge in [-0.2, -0.15) is 0 Å². The Morgan fingerprint density at radius 3 is 2.82 bits per heavy atom. The third-order valence-corrected chi connectivity index (χ3v) is 4.78. The van der Waals surface area contributed by atoms with E-state index in [0.29, 0.717) is 0 Å². The molecular formula is C18H23N3O. The van der Waals surface area contributed by atoms with Gasteiger partial charge in [-0.25, -0.2) is 4.98 Å². The average molecular weight is 297 g/mol. The fourth-order valence-electron chi connectivity index (χ4n) is 3.21. The molecule has 0 N–H and O–H groups in total. The van der Waals surface area contributed by atoms with Gasteiger partial charge in [-0.3, -0.25) is 4.79 Å². The Kier molecular flexibility index (Phi) is 4.01. The Morgan fingerprint density at radius 2 is 2.14 bits per heavy atom. The van der Waals surface area contributed by atoms with E-state index in [2.05, 4.69) is 37.0 Å². The molecule has 2 unspecified atom stereocenters. The molecule has 2 atom stereocenters. The number of imidazole rings is 1. The van der Waals surface area contributed by atoms with Gasteiger partial charge in [0.05, 0.1) is 12.4 Å². The molecule has 3 rings (SSSR count). The predicted molar refractivity (Wildman–Crippen MR) is 86.5 cm³/mol. The summed E-state index contributed by atoms with van der Waals surface area (Å²) < 4.78 is 1.87. The molecule has 1 aromatic heterocycles. The SMILES string of the molecule is Cc1ccc(C2CCCN2C(=O)C(C)n2ccnc2)cc1C. The lowest BCUT2D eigenvalue weighted by Crippen LogP contribution is -2.35. The minimum Gasteiger partial charge on any atom is -0.334 e. The first-order valence-electron chi connectivity index (χ1n) is 7.93. The number of benzene rings is 1. The van der Waals surface area contributed by atoms with Crippen LogP contribution in [0.3, 0.4) is 0 Å². The van der Waals surface area contributed by atoms with Crippen LogP contribution in [0, 0.1) is 13.8 Å². The molecule has 0 bridgehead atoms. The summed E-state index contributed by atoms with van der Waals surface area (Å²) in [5.74, 6) is 0.179.